The number of nitro benzene ring substituents is 1. The molecule has 1 atom stereocenters. The Bertz CT molecular complexity index is 979. The van der Waals surface area contributed by atoms with E-state index in [1.165, 1.54) is 25.1 Å². The fraction of sp³-hybridized carbons (Fsp3) is 0.318. The lowest BCUT2D eigenvalue weighted by atomic mass is 9.87. The third kappa shape index (κ3) is 6.91. The topological polar surface area (TPSA) is 128 Å². The van der Waals surface area contributed by atoms with Gasteiger partial charge in [0, 0.05) is 23.4 Å². The van der Waals surface area contributed by atoms with Crippen molar-refractivity contribution in [2.75, 3.05) is 11.9 Å². The number of hydrogen-bond donors (Lipinski definition) is 2. The molecule has 0 heterocycles. The monoisotopic (exact) mass is 427 g/mol. The normalized spacial score (nSPS) is 11.9. The highest BCUT2D eigenvalue weighted by molar-refractivity contribution is 5.97. The van der Waals surface area contributed by atoms with Gasteiger partial charge >= 0.3 is 5.97 Å². The van der Waals surface area contributed by atoms with Crippen LogP contribution in [0, 0.1) is 10.1 Å². The van der Waals surface area contributed by atoms with Gasteiger partial charge in [0.2, 0.25) is 0 Å². The van der Waals surface area contributed by atoms with E-state index in [4.69, 9.17) is 4.74 Å². The molecule has 0 spiro atoms. The molecule has 31 heavy (non-hydrogen) atoms. The molecular weight excluding hydrogens is 402 g/mol. The molecule has 2 amide bonds. The number of rotatable bonds is 7. The molecule has 9 heteroatoms. The smallest absolute Gasteiger partial charge is 0.328 e. The lowest BCUT2D eigenvalue weighted by Crippen LogP contribution is -2.40. The van der Waals surface area contributed by atoms with Crippen LogP contribution in [0.1, 0.15) is 43.6 Å². The summed E-state index contributed by atoms with van der Waals surface area (Å²) < 4.78 is 4.94. The van der Waals surface area contributed by atoms with Crippen LogP contribution in [0.15, 0.2) is 48.5 Å². The van der Waals surface area contributed by atoms with Gasteiger partial charge in [-0.3, -0.25) is 19.7 Å². The Morgan fingerprint density at radius 3 is 2.32 bits per heavy atom. The highest BCUT2D eigenvalue weighted by atomic mass is 16.6. The Hall–Kier alpha value is -3.75. The van der Waals surface area contributed by atoms with E-state index in [9.17, 15) is 24.5 Å². The molecule has 0 fully saturated rings. The first-order valence-corrected chi connectivity index (χ1v) is 9.59. The maximum absolute atomic E-state index is 12.2. The Morgan fingerprint density at radius 2 is 1.74 bits per heavy atom. The third-order valence-corrected chi connectivity index (χ3v) is 4.40. The zero-order valence-corrected chi connectivity index (χ0v) is 17.8. The van der Waals surface area contributed by atoms with Crippen molar-refractivity contribution >= 4 is 29.2 Å². The van der Waals surface area contributed by atoms with Crippen LogP contribution in [0.5, 0.6) is 0 Å². The van der Waals surface area contributed by atoms with E-state index in [0.29, 0.717) is 5.69 Å². The van der Waals surface area contributed by atoms with Crippen molar-refractivity contribution in [1.29, 1.82) is 0 Å². The van der Waals surface area contributed by atoms with E-state index < -0.39 is 35.4 Å². The first-order valence-electron chi connectivity index (χ1n) is 9.59. The summed E-state index contributed by atoms with van der Waals surface area (Å²) in [5.74, 6) is -2.00. The van der Waals surface area contributed by atoms with Gasteiger partial charge in [0.05, 0.1) is 4.92 Å². The first kappa shape index (κ1) is 23.5. The lowest BCUT2D eigenvalue weighted by Gasteiger charge is -2.19. The molecule has 164 valence electrons. The molecule has 0 radical (unpaired) electrons. The highest BCUT2D eigenvalue weighted by Gasteiger charge is 2.20. The molecule has 9 nitrogen and oxygen atoms in total. The molecule has 2 rings (SSSR count). The van der Waals surface area contributed by atoms with Gasteiger partial charge in [-0.25, -0.2) is 4.79 Å². The number of hydrogen-bond acceptors (Lipinski definition) is 6. The first-order chi connectivity index (χ1) is 14.5. The second-order valence-electron chi connectivity index (χ2n) is 7.99. The number of carbonyl (C=O) groups is 3. The minimum atomic E-state index is -1.05. The van der Waals surface area contributed by atoms with E-state index >= 15 is 0 Å². The average molecular weight is 427 g/mol. The SMILES string of the molecule is C[C@H](NC(=O)c1cccc([N+](=O)[O-])c1)C(=O)OCC(=O)Nc1ccc(C(C)(C)C)cc1. The van der Waals surface area contributed by atoms with Gasteiger partial charge in [-0.1, -0.05) is 39.0 Å². The molecule has 2 aromatic rings. The molecule has 0 saturated carbocycles. The molecule has 0 aliphatic heterocycles. The highest BCUT2D eigenvalue weighted by Crippen LogP contribution is 2.23. The number of nitrogens with one attached hydrogen (secondary N) is 2. The van der Waals surface area contributed by atoms with Crippen LogP contribution in [0.25, 0.3) is 0 Å². The summed E-state index contributed by atoms with van der Waals surface area (Å²) in [6, 6.07) is 11.4. The summed E-state index contributed by atoms with van der Waals surface area (Å²) in [5, 5.41) is 15.8. The van der Waals surface area contributed by atoms with Crippen molar-refractivity contribution in [2.24, 2.45) is 0 Å². The maximum atomic E-state index is 12.2. The fourth-order valence-corrected chi connectivity index (χ4v) is 2.61. The van der Waals surface area contributed by atoms with E-state index in [-0.39, 0.29) is 16.7 Å². The van der Waals surface area contributed by atoms with E-state index in [1.807, 2.05) is 12.1 Å². The Labute approximate surface area is 179 Å². The maximum Gasteiger partial charge on any atom is 0.328 e. The quantitative estimate of drug-likeness (QED) is 0.397. The second-order valence-corrected chi connectivity index (χ2v) is 7.99. The lowest BCUT2D eigenvalue weighted by molar-refractivity contribution is -0.384. The predicted molar refractivity (Wildman–Crippen MR) is 115 cm³/mol. The van der Waals surface area contributed by atoms with Crippen LogP contribution in [-0.4, -0.2) is 35.4 Å². The number of nitro groups is 1. The summed E-state index contributed by atoms with van der Waals surface area (Å²) >= 11 is 0. The van der Waals surface area contributed by atoms with Crippen molar-refractivity contribution in [3.8, 4) is 0 Å². The Kier molecular flexibility index (Phi) is 7.47. The summed E-state index contributed by atoms with van der Waals surface area (Å²) in [7, 11) is 0. The van der Waals surface area contributed by atoms with E-state index in [0.717, 1.165) is 11.6 Å². The standard InChI is InChI=1S/C22H25N3O6/c1-14(23-20(27)15-6-5-7-18(12-15)25(29)30)21(28)31-13-19(26)24-17-10-8-16(9-11-17)22(2,3)4/h5-12,14H,13H2,1-4H3,(H,23,27)(H,24,26)/t14-/m0/s1. The van der Waals surface area contributed by atoms with Crippen LogP contribution in [0.3, 0.4) is 0 Å². The molecule has 2 N–H and O–H groups in total. The summed E-state index contributed by atoms with van der Waals surface area (Å²) in [6.45, 7) is 7.12. The summed E-state index contributed by atoms with van der Waals surface area (Å²) in [6.07, 6.45) is 0. The van der Waals surface area contributed by atoms with Crippen molar-refractivity contribution in [1.82, 2.24) is 5.32 Å². The molecule has 0 aromatic heterocycles. The predicted octanol–water partition coefficient (Wildman–Crippen LogP) is 3.19. The van der Waals surface area contributed by atoms with Crippen LogP contribution >= 0.6 is 0 Å². The van der Waals surface area contributed by atoms with Crippen molar-refractivity contribution in [3.63, 3.8) is 0 Å². The number of carbonyl (C=O) groups excluding carboxylic acids is 3. The zero-order valence-electron chi connectivity index (χ0n) is 17.8. The Morgan fingerprint density at radius 1 is 1.10 bits per heavy atom. The molecular formula is C22H25N3O6. The van der Waals surface area contributed by atoms with Crippen LogP contribution in [-0.2, 0) is 19.7 Å². The minimum Gasteiger partial charge on any atom is -0.454 e. The van der Waals surface area contributed by atoms with Crippen LogP contribution < -0.4 is 10.6 Å². The number of esters is 1. The van der Waals surface area contributed by atoms with Crippen LogP contribution in [0.4, 0.5) is 11.4 Å². The number of ether oxygens (including phenoxy) is 1. The van der Waals surface area contributed by atoms with Gasteiger partial charge in [-0.2, -0.15) is 0 Å². The molecule has 0 bridgehead atoms. The zero-order chi connectivity index (χ0) is 23.2. The number of non-ortho nitro benzene ring substituents is 1. The molecule has 0 saturated heterocycles. The number of anilines is 1. The van der Waals surface area contributed by atoms with Crippen molar-refractivity contribution in [3.05, 3.63) is 69.8 Å². The van der Waals surface area contributed by atoms with Gasteiger partial charge in [-0.15, -0.1) is 0 Å². The third-order valence-electron chi connectivity index (χ3n) is 4.40. The molecule has 0 aliphatic carbocycles. The van der Waals surface area contributed by atoms with E-state index in [1.54, 1.807) is 12.1 Å². The molecule has 0 unspecified atom stereocenters. The largest absolute Gasteiger partial charge is 0.454 e. The van der Waals surface area contributed by atoms with Crippen molar-refractivity contribution in [2.45, 2.75) is 39.2 Å². The molecule has 0 aliphatic rings. The summed E-state index contributed by atoms with van der Waals surface area (Å²) in [5.41, 5.74) is 1.47. The van der Waals surface area contributed by atoms with Gasteiger partial charge in [0.1, 0.15) is 6.04 Å². The van der Waals surface area contributed by atoms with Crippen molar-refractivity contribution < 1.29 is 24.0 Å². The van der Waals surface area contributed by atoms with E-state index in [2.05, 4.69) is 31.4 Å². The number of benzene rings is 2. The number of nitrogens with zero attached hydrogens (tertiary/aromatic N) is 1. The van der Waals surface area contributed by atoms with Gasteiger partial charge in [-0.05, 0) is 36.1 Å². The van der Waals surface area contributed by atoms with Gasteiger partial charge < -0.3 is 15.4 Å². The van der Waals surface area contributed by atoms with Gasteiger partial charge in [0.25, 0.3) is 17.5 Å². The number of amides is 2. The average Bonchev–Trinajstić information content (AvgIpc) is 2.71. The fourth-order valence-electron chi connectivity index (χ4n) is 2.61. The minimum absolute atomic E-state index is 0.0106. The second kappa shape index (κ2) is 9.84. The summed E-state index contributed by atoms with van der Waals surface area (Å²) in [4.78, 5) is 46.5. The Balaban J connectivity index is 1.84. The molecule has 2 aromatic carbocycles. The van der Waals surface area contributed by atoms with Crippen LogP contribution in [0.2, 0.25) is 0 Å². The van der Waals surface area contributed by atoms with Gasteiger partial charge in [0.15, 0.2) is 6.61 Å².